The fourth-order valence-electron chi connectivity index (χ4n) is 6.69. The van der Waals surface area contributed by atoms with Crippen LogP contribution in [0.4, 0.5) is 0 Å². The van der Waals surface area contributed by atoms with Gasteiger partial charge in [0, 0.05) is 19.3 Å². The fourth-order valence-corrected chi connectivity index (χ4v) is 6.69. The Bertz CT molecular complexity index is 1480. The summed E-state index contributed by atoms with van der Waals surface area (Å²) in [5.41, 5.74) is 0. The number of carbonyl (C=O) groups is 3. The summed E-state index contributed by atoms with van der Waals surface area (Å²) in [5, 5.41) is 0. The van der Waals surface area contributed by atoms with Crippen molar-refractivity contribution in [1.29, 1.82) is 0 Å². The molecule has 0 rings (SSSR count). The van der Waals surface area contributed by atoms with Crippen LogP contribution in [0.3, 0.4) is 0 Å². The lowest BCUT2D eigenvalue weighted by Gasteiger charge is -2.18. The first-order chi connectivity index (χ1) is 33.0. The second-order valence-corrected chi connectivity index (χ2v) is 17.0. The number of hydrogen-bond acceptors (Lipinski definition) is 6. The summed E-state index contributed by atoms with van der Waals surface area (Å²) in [5.74, 6) is -1.05. The average molecular weight is 925 g/mol. The van der Waals surface area contributed by atoms with Crippen LogP contribution in [-0.4, -0.2) is 37.2 Å². The summed E-state index contributed by atoms with van der Waals surface area (Å²) in [7, 11) is 0. The van der Waals surface area contributed by atoms with E-state index in [-0.39, 0.29) is 37.5 Å². The fraction of sp³-hybridized carbons (Fsp3) is 0.590. The third kappa shape index (κ3) is 52.4. The maximum Gasteiger partial charge on any atom is 0.306 e. The quantitative estimate of drug-likeness (QED) is 0.0262. The summed E-state index contributed by atoms with van der Waals surface area (Å²) in [6.45, 7) is 6.26. The van der Waals surface area contributed by atoms with Gasteiger partial charge in [-0.2, -0.15) is 0 Å². The average Bonchev–Trinajstić information content (AvgIpc) is 3.33. The Morgan fingerprint density at radius 1 is 0.313 bits per heavy atom. The number of hydrogen-bond donors (Lipinski definition) is 0. The van der Waals surface area contributed by atoms with Crippen molar-refractivity contribution >= 4 is 17.9 Å². The van der Waals surface area contributed by atoms with Crippen LogP contribution in [0.25, 0.3) is 0 Å². The molecule has 6 nitrogen and oxygen atoms in total. The van der Waals surface area contributed by atoms with Crippen LogP contribution in [0.15, 0.2) is 134 Å². The molecule has 6 heteroatoms. The molecular weight excluding hydrogens is 829 g/mol. The van der Waals surface area contributed by atoms with Crippen molar-refractivity contribution in [3.05, 3.63) is 134 Å². The second kappa shape index (κ2) is 54.2. The standard InChI is InChI=1S/C61H96O6/c1-4-7-10-13-16-19-22-25-27-29-30-32-33-36-39-42-45-48-51-54-60(63)66-57-58(56-65-59(62)53-50-47-44-41-38-35-24-21-18-15-12-9-6-3)67-61(64)55-52-49-46-43-40-37-34-31-28-26-23-20-17-14-11-8-5-2/h7,9-10,12,16-21,25-28,30,32,35-36,38-39,44,47,58H,4-6,8,11,13-15,22-24,29,31,33-34,37,40-43,45-46,48-57H2,1-3H3/b10-7-,12-9-,19-16-,20-17-,21-18-,27-25-,28-26-,32-30-,38-35-,39-36-,47-44-. The lowest BCUT2D eigenvalue weighted by Crippen LogP contribution is -2.30. The maximum atomic E-state index is 12.8. The SMILES string of the molecule is CC/C=C\C/C=C\C/C=C\C/C=C\C/C=C\CCCCCC(=O)OCC(COC(=O)CC/C=C\C/C=C\C/C=C\C/C=C\CC)OC(=O)CCCCCCCCC/C=C\C/C=C\CCCCC. The van der Waals surface area contributed by atoms with Crippen molar-refractivity contribution in [3.8, 4) is 0 Å². The van der Waals surface area contributed by atoms with Crippen LogP contribution in [0.5, 0.6) is 0 Å². The molecule has 0 N–H and O–H groups in total. The summed E-state index contributed by atoms with van der Waals surface area (Å²) in [4.78, 5) is 38.0. The highest BCUT2D eigenvalue weighted by Crippen LogP contribution is 2.13. The van der Waals surface area contributed by atoms with Crippen molar-refractivity contribution in [3.63, 3.8) is 0 Å². The molecule has 376 valence electrons. The van der Waals surface area contributed by atoms with Crippen molar-refractivity contribution in [2.24, 2.45) is 0 Å². The van der Waals surface area contributed by atoms with Gasteiger partial charge < -0.3 is 14.2 Å². The molecule has 0 fully saturated rings. The third-order valence-electron chi connectivity index (χ3n) is 10.6. The molecule has 1 unspecified atom stereocenters. The summed E-state index contributed by atoms with van der Waals surface area (Å²) in [6.07, 6.45) is 75.9. The molecule has 0 heterocycles. The molecular formula is C61H96O6. The van der Waals surface area contributed by atoms with Crippen LogP contribution < -0.4 is 0 Å². The van der Waals surface area contributed by atoms with Gasteiger partial charge in [0.15, 0.2) is 6.10 Å². The van der Waals surface area contributed by atoms with E-state index in [9.17, 15) is 14.4 Å². The lowest BCUT2D eigenvalue weighted by atomic mass is 10.1. The van der Waals surface area contributed by atoms with E-state index in [4.69, 9.17) is 14.2 Å². The van der Waals surface area contributed by atoms with E-state index in [1.54, 1.807) is 0 Å². The minimum absolute atomic E-state index is 0.125. The van der Waals surface area contributed by atoms with Crippen LogP contribution in [0.2, 0.25) is 0 Å². The number of unbranched alkanes of at least 4 members (excludes halogenated alkanes) is 13. The van der Waals surface area contributed by atoms with Gasteiger partial charge in [-0.05, 0) is 122 Å². The van der Waals surface area contributed by atoms with Crippen LogP contribution >= 0.6 is 0 Å². The molecule has 0 saturated heterocycles. The highest BCUT2D eigenvalue weighted by molar-refractivity contribution is 5.71. The molecule has 0 bridgehead atoms. The minimum Gasteiger partial charge on any atom is -0.462 e. The van der Waals surface area contributed by atoms with Crippen molar-refractivity contribution < 1.29 is 28.6 Å². The monoisotopic (exact) mass is 925 g/mol. The highest BCUT2D eigenvalue weighted by Gasteiger charge is 2.19. The zero-order chi connectivity index (χ0) is 48.6. The van der Waals surface area contributed by atoms with Crippen molar-refractivity contribution in [2.45, 2.75) is 219 Å². The predicted molar refractivity (Wildman–Crippen MR) is 288 cm³/mol. The van der Waals surface area contributed by atoms with Crippen LogP contribution in [-0.2, 0) is 28.6 Å². The molecule has 0 aliphatic rings. The minimum atomic E-state index is -0.830. The molecule has 0 amide bonds. The molecule has 0 aliphatic heterocycles. The Morgan fingerprint density at radius 2 is 0.612 bits per heavy atom. The van der Waals surface area contributed by atoms with Crippen molar-refractivity contribution in [2.75, 3.05) is 13.2 Å². The smallest absolute Gasteiger partial charge is 0.306 e. The molecule has 0 radical (unpaired) electrons. The first-order valence-electron chi connectivity index (χ1n) is 26.7. The Kier molecular flexibility index (Phi) is 50.6. The summed E-state index contributed by atoms with van der Waals surface area (Å²) in [6, 6.07) is 0. The van der Waals surface area contributed by atoms with Gasteiger partial charge in [0.25, 0.3) is 0 Å². The number of esters is 3. The molecule has 0 saturated carbocycles. The number of ether oxygens (including phenoxy) is 3. The first kappa shape index (κ1) is 62.5. The number of carbonyl (C=O) groups excluding carboxylic acids is 3. The molecule has 0 aromatic heterocycles. The zero-order valence-electron chi connectivity index (χ0n) is 42.9. The number of rotatable bonds is 46. The normalized spacial score (nSPS) is 13.2. The Balaban J connectivity index is 4.55. The Labute approximate surface area is 411 Å². The largest absolute Gasteiger partial charge is 0.462 e. The summed E-state index contributed by atoms with van der Waals surface area (Å²) < 4.78 is 16.7. The van der Waals surface area contributed by atoms with E-state index in [0.29, 0.717) is 19.3 Å². The molecule has 0 spiro atoms. The van der Waals surface area contributed by atoms with Gasteiger partial charge in [0.2, 0.25) is 0 Å². The van der Waals surface area contributed by atoms with E-state index in [1.807, 2.05) is 12.2 Å². The second-order valence-electron chi connectivity index (χ2n) is 17.0. The van der Waals surface area contributed by atoms with Gasteiger partial charge in [0.1, 0.15) is 13.2 Å². The lowest BCUT2D eigenvalue weighted by molar-refractivity contribution is -0.166. The Morgan fingerprint density at radius 3 is 1.01 bits per heavy atom. The molecule has 0 aliphatic carbocycles. The van der Waals surface area contributed by atoms with Gasteiger partial charge in [0.05, 0.1) is 0 Å². The molecule has 1 atom stereocenters. The molecule has 0 aromatic carbocycles. The van der Waals surface area contributed by atoms with E-state index < -0.39 is 6.10 Å². The number of allylic oxidation sites excluding steroid dienone is 22. The van der Waals surface area contributed by atoms with Crippen molar-refractivity contribution in [1.82, 2.24) is 0 Å². The first-order valence-corrected chi connectivity index (χ1v) is 26.7. The maximum absolute atomic E-state index is 12.8. The summed E-state index contributed by atoms with van der Waals surface area (Å²) >= 11 is 0. The third-order valence-corrected chi connectivity index (χ3v) is 10.6. The van der Waals surface area contributed by atoms with Gasteiger partial charge >= 0.3 is 17.9 Å². The zero-order valence-corrected chi connectivity index (χ0v) is 42.9. The van der Waals surface area contributed by atoms with Crippen LogP contribution in [0, 0.1) is 0 Å². The van der Waals surface area contributed by atoms with Crippen LogP contribution in [0.1, 0.15) is 213 Å². The topological polar surface area (TPSA) is 78.9 Å². The molecule has 67 heavy (non-hydrogen) atoms. The van der Waals surface area contributed by atoms with E-state index >= 15 is 0 Å². The van der Waals surface area contributed by atoms with E-state index in [0.717, 1.165) is 122 Å². The van der Waals surface area contributed by atoms with Gasteiger partial charge in [-0.15, -0.1) is 0 Å². The predicted octanol–water partition coefficient (Wildman–Crippen LogP) is 17.9. The molecule has 0 aromatic rings. The van der Waals surface area contributed by atoms with E-state index in [1.165, 1.54) is 44.9 Å². The van der Waals surface area contributed by atoms with E-state index in [2.05, 4.69) is 142 Å². The van der Waals surface area contributed by atoms with Gasteiger partial charge in [-0.25, -0.2) is 0 Å². The van der Waals surface area contributed by atoms with Gasteiger partial charge in [-0.1, -0.05) is 206 Å². The Hall–Kier alpha value is -4.45. The highest BCUT2D eigenvalue weighted by atomic mass is 16.6. The van der Waals surface area contributed by atoms with Gasteiger partial charge in [-0.3, -0.25) is 14.4 Å².